The van der Waals surface area contributed by atoms with E-state index in [0.29, 0.717) is 18.7 Å². The summed E-state index contributed by atoms with van der Waals surface area (Å²) in [5.74, 6) is 1.21. The maximum Gasteiger partial charge on any atom is 0.257 e. The van der Waals surface area contributed by atoms with Gasteiger partial charge in [-0.15, -0.1) is 10.2 Å². The summed E-state index contributed by atoms with van der Waals surface area (Å²) in [5, 5.41) is 15.4. The van der Waals surface area contributed by atoms with Crippen LogP contribution in [0.15, 0.2) is 22.7 Å². The highest BCUT2D eigenvalue weighted by Gasteiger charge is 2.25. The zero-order valence-corrected chi connectivity index (χ0v) is 16.8. The van der Waals surface area contributed by atoms with Crippen molar-refractivity contribution in [2.24, 2.45) is 0 Å². The highest BCUT2D eigenvalue weighted by molar-refractivity contribution is 6.33. The lowest BCUT2D eigenvalue weighted by Gasteiger charge is -2.09. The number of rotatable bonds is 5. The van der Waals surface area contributed by atoms with E-state index in [1.165, 1.54) is 18.6 Å². The van der Waals surface area contributed by atoms with Crippen LogP contribution in [-0.2, 0) is 19.4 Å². The molecule has 3 aromatic rings. The van der Waals surface area contributed by atoms with E-state index in [1.807, 2.05) is 0 Å². The molecule has 1 aliphatic heterocycles. The van der Waals surface area contributed by atoms with Gasteiger partial charge in [-0.2, -0.15) is 0 Å². The zero-order valence-electron chi connectivity index (χ0n) is 16.0. The third-order valence-electron chi connectivity index (χ3n) is 5.11. The summed E-state index contributed by atoms with van der Waals surface area (Å²) >= 11 is 6.13. The molecule has 9 heteroatoms. The minimum atomic E-state index is -0.564. The van der Waals surface area contributed by atoms with Crippen molar-refractivity contribution < 1.29 is 13.7 Å². The van der Waals surface area contributed by atoms with Gasteiger partial charge in [0.05, 0.1) is 10.6 Å². The molecule has 0 aliphatic carbocycles. The number of carbonyl (C=O) groups excluding carboxylic acids is 1. The van der Waals surface area contributed by atoms with Crippen LogP contribution in [0.3, 0.4) is 0 Å². The fourth-order valence-electron chi connectivity index (χ4n) is 3.64. The maximum atomic E-state index is 14.3. The second kappa shape index (κ2) is 8.32. The molecule has 1 aliphatic rings. The van der Waals surface area contributed by atoms with Crippen LogP contribution in [0.4, 0.5) is 4.39 Å². The molecule has 4 rings (SSSR count). The van der Waals surface area contributed by atoms with Crippen LogP contribution in [0, 0.1) is 12.7 Å². The van der Waals surface area contributed by atoms with E-state index in [4.69, 9.17) is 16.1 Å². The Kier molecular flexibility index (Phi) is 5.62. The third kappa shape index (κ3) is 3.89. The van der Waals surface area contributed by atoms with Crippen molar-refractivity contribution in [1.29, 1.82) is 0 Å². The van der Waals surface area contributed by atoms with Gasteiger partial charge in [-0.1, -0.05) is 29.2 Å². The van der Waals surface area contributed by atoms with Gasteiger partial charge in [0, 0.05) is 25.9 Å². The number of hydrogen-bond acceptors (Lipinski definition) is 5. The first-order chi connectivity index (χ1) is 14.1. The third-order valence-corrected chi connectivity index (χ3v) is 5.42. The number of carbonyl (C=O) groups is 1. The molecule has 0 saturated carbocycles. The van der Waals surface area contributed by atoms with Crippen LogP contribution in [0.25, 0.3) is 11.3 Å². The monoisotopic (exact) mass is 417 g/mol. The molecule has 1 aromatic carbocycles. The predicted molar refractivity (Wildman–Crippen MR) is 105 cm³/mol. The van der Waals surface area contributed by atoms with Crippen LogP contribution in [0.2, 0.25) is 5.02 Å². The SMILES string of the molecule is Cc1onc(-c2c(F)cccc2Cl)c1C(=O)NCCc1nnc2n1CCCCC2. The molecule has 1 amide bonds. The number of benzene rings is 1. The number of aryl methyl sites for hydroxylation is 2. The number of halogens is 2. The summed E-state index contributed by atoms with van der Waals surface area (Å²) in [6.07, 6.45) is 4.92. The molecule has 0 bridgehead atoms. The van der Waals surface area contributed by atoms with E-state index in [1.54, 1.807) is 13.0 Å². The lowest BCUT2D eigenvalue weighted by molar-refractivity contribution is 0.0953. The first-order valence-electron chi connectivity index (χ1n) is 9.66. The Bertz CT molecular complexity index is 1030. The Morgan fingerprint density at radius 1 is 1.31 bits per heavy atom. The van der Waals surface area contributed by atoms with Gasteiger partial charge in [0.2, 0.25) is 0 Å². The van der Waals surface area contributed by atoms with E-state index in [9.17, 15) is 9.18 Å². The maximum absolute atomic E-state index is 14.3. The lowest BCUT2D eigenvalue weighted by Crippen LogP contribution is -2.27. The van der Waals surface area contributed by atoms with Gasteiger partial charge < -0.3 is 14.4 Å². The summed E-state index contributed by atoms with van der Waals surface area (Å²) < 4.78 is 21.6. The molecule has 0 saturated heterocycles. The van der Waals surface area contributed by atoms with Crippen LogP contribution >= 0.6 is 11.6 Å². The smallest absolute Gasteiger partial charge is 0.257 e. The summed E-state index contributed by atoms with van der Waals surface area (Å²) in [5.41, 5.74) is 0.329. The van der Waals surface area contributed by atoms with Crippen molar-refractivity contribution in [3.63, 3.8) is 0 Å². The van der Waals surface area contributed by atoms with Crippen molar-refractivity contribution >= 4 is 17.5 Å². The quantitative estimate of drug-likeness (QED) is 0.683. The Morgan fingerprint density at radius 3 is 3.00 bits per heavy atom. The van der Waals surface area contributed by atoms with Crippen molar-refractivity contribution in [3.05, 3.63) is 52.0 Å². The predicted octanol–water partition coefficient (Wildman–Crippen LogP) is 3.73. The highest BCUT2D eigenvalue weighted by atomic mass is 35.5. The topological polar surface area (TPSA) is 85.8 Å². The number of amides is 1. The Hall–Kier alpha value is -2.74. The second-order valence-electron chi connectivity index (χ2n) is 7.06. The number of hydrogen-bond donors (Lipinski definition) is 1. The Labute approximate surface area is 172 Å². The second-order valence-corrected chi connectivity index (χ2v) is 7.47. The first kappa shape index (κ1) is 19.6. The average molecular weight is 418 g/mol. The van der Waals surface area contributed by atoms with Crippen LogP contribution in [-0.4, -0.2) is 32.4 Å². The molecular weight excluding hydrogens is 397 g/mol. The van der Waals surface area contributed by atoms with Gasteiger partial charge in [-0.05, 0) is 31.9 Å². The van der Waals surface area contributed by atoms with Gasteiger partial charge in [-0.3, -0.25) is 4.79 Å². The van der Waals surface area contributed by atoms with E-state index < -0.39 is 11.7 Å². The largest absolute Gasteiger partial charge is 0.360 e. The fraction of sp³-hybridized carbons (Fsp3) is 0.400. The fourth-order valence-corrected chi connectivity index (χ4v) is 3.89. The van der Waals surface area contributed by atoms with Gasteiger partial charge >= 0.3 is 0 Å². The molecular formula is C20H21ClFN5O2. The molecule has 0 unspecified atom stereocenters. The summed E-state index contributed by atoms with van der Waals surface area (Å²) in [6.45, 7) is 2.89. The molecule has 2 aromatic heterocycles. The molecule has 0 atom stereocenters. The molecule has 152 valence electrons. The minimum Gasteiger partial charge on any atom is -0.360 e. The summed E-state index contributed by atoms with van der Waals surface area (Å²) in [6, 6.07) is 4.31. The van der Waals surface area contributed by atoms with E-state index in [-0.39, 0.29) is 21.8 Å². The number of fused-ring (bicyclic) bond motifs is 1. The molecule has 0 spiro atoms. The minimum absolute atomic E-state index is 0.0546. The van der Waals surface area contributed by atoms with E-state index in [0.717, 1.165) is 37.5 Å². The van der Waals surface area contributed by atoms with Gasteiger partial charge in [0.1, 0.15) is 34.5 Å². The molecule has 7 nitrogen and oxygen atoms in total. The van der Waals surface area contributed by atoms with Crippen molar-refractivity contribution in [1.82, 2.24) is 25.2 Å². The van der Waals surface area contributed by atoms with Gasteiger partial charge in [0.15, 0.2) is 0 Å². The highest BCUT2D eigenvalue weighted by Crippen LogP contribution is 2.33. The van der Waals surface area contributed by atoms with Gasteiger partial charge in [-0.25, -0.2) is 4.39 Å². The van der Waals surface area contributed by atoms with Crippen molar-refractivity contribution in [2.45, 2.75) is 45.6 Å². The first-order valence-corrected chi connectivity index (χ1v) is 10.0. The summed E-state index contributed by atoms with van der Waals surface area (Å²) in [7, 11) is 0. The van der Waals surface area contributed by atoms with Crippen molar-refractivity contribution in [3.8, 4) is 11.3 Å². The molecule has 29 heavy (non-hydrogen) atoms. The number of nitrogens with one attached hydrogen (secondary N) is 1. The van der Waals surface area contributed by atoms with E-state index >= 15 is 0 Å². The standard InChI is InChI=1S/C20H21ClFN5O2/c1-12-17(19(26-29-12)18-13(21)6-5-7-14(18)22)20(28)23-10-9-16-25-24-15-8-3-2-4-11-27(15)16/h5-7H,2-4,8-11H2,1H3,(H,23,28). The van der Waals surface area contributed by atoms with Gasteiger partial charge in [0.25, 0.3) is 5.91 Å². The van der Waals surface area contributed by atoms with E-state index in [2.05, 4.69) is 25.2 Å². The van der Waals surface area contributed by atoms with Crippen molar-refractivity contribution in [2.75, 3.05) is 6.54 Å². The Morgan fingerprint density at radius 2 is 2.17 bits per heavy atom. The molecule has 3 heterocycles. The molecule has 1 N–H and O–H groups in total. The lowest BCUT2D eigenvalue weighted by atomic mass is 10.0. The average Bonchev–Trinajstić information content (AvgIpc) is 3.16. The Balaban J connectivity index is 1.49. The molecule has 0 fully saturated rings. The normalized spacial score (nSPS) is 13.8. The summed E-state index contributed by atoms with van der Waals surface area (Å²) in [4.78, 5) is 12.8. The van der Waals surface area contributed by atoms with Crippen LogP contribution < -0.4 is 5.32 Å². The van der Waals surface area contributed by atoms with Crippen LogP contribution in [0.1, 0.15) is 47.0 Å². The molecule has 0 radical (unpaired) electrons. The zero-order chi connectivity index (χ0) is 20.4. The number of aromatic nitrogens is 4. The van der Waals surface area contributed by atoms with Crippen LogP contribution in [0.5, 0.6) is 0 Å². The number of nitrogens with zero attached hydrogens (tertiary/aromatic N) is 4.